The maximum absolute atomic E-state index is 11.2. The average molecular weight is 211 g/mol. The summed E-state index contributed by atoms with van der Waals surface area (Å²) in [4.78, 5) is 25.9. The summed E-state index contributed by atoms with van der Waals surface area (Å²) in [5.74, 6) is 0. The molecule has 0 aliphatic heterocycles. The van der Waals surface area contributed by atoms with Crippen LogP contribution in [0.3, 0.4) is 0 Å². The lowest BCUT2D eigenvalue weighted by molar-refractivity contribution is 0.0205. The van der Waals surface area contributed by atoms with E-state index in [1.54, 1.807) is 6.07 Å². The Balaban J connectivity index is 3.02. The van der Waals surface area contributed by atoms with Crippen molar-refractivity contribution in [3.8, 4) is 6.07 Å². The van der Waals surface area contributed by atoms with Crippen LogP contribution < -0.4 is 11.2 Å². The monoisotopic (exact) mass is 211 g/mol. The summed E-state index contributed by atoms with van der Waals surface area (Å²) in [6.07, 6.45) is -2.15. The Hall–Kier alpha value is -1.91. The van der Waals surface area contributed by atoms with Gasteiger partial charge in [0.15, 0.2) is 0 Å². The highest BCUT2D eigenvalue weighted by Crippen LogP contribution is 2.13. The lowest BCUT2D eigenvalue weighted by atomic mass is 10.1. The van der Waals surface area contributed by atoms with Gasteiger partial charge in [0.1, 0.15) is 6.10 Å². The zero-order valence-corrected chi connectivity index (χ0v) is 7.60. The van der Waals surface area contributed by atoms with Crippen LogP contribution >= 0.6 is 0 Å². The second kappa shape index (κ2) is 4.54. The number of rotatable bonds is 3. The average Bonchev–Trinajstić information content (AvgIpc) is 2.17. The number of hydrogen-bond donors (Lipinski definition) is 4. The van der Waals surface area contributed by atoms with E-state index in [1.807, 2.05) is 4.98 Å². The normalized spacial score (nSPS) is 14.2. The summed E-state index contributed by atoms with van der Waals surface area (Å²) in [6.45, 7) is 0. The summed E-state index contributed by atoms with van der Waals surface area (Å²) in [5, 5.41) is 27.0. The third-order valence-electron chi connectivity index (χ3n) is 1.83. The lowest BCUT2D eigenvalue weighted by Crippen LogP contribution is -2.30. The second-order valence-electron chi connectivity index (χ2n) is 2.90. The van der Waals surface area contributed by atoms with Gasteiger partial charge in [-0.25, -0.2) is 4.79 Å². The minimum atomic E-state index is -1.50. The zero-order valence-electron chi connectivity index (χ0n) is 7.60. The molecule has 0 aliphatic rings. The lowest BCUT2D eigenvalue weighted by Gasteiger charge is -2.13. The van der Waals surface area contributed by atoms with Crippen LogP contribution in [0.1, 0.15) is 18.1 Å². The number of aliphatic hydroxyl groups excluding tert-OH is 2. The van der Waals surface area contributed by atoms with Crippen LogP contribution in [-0.2, 0) is 0 Å². The molecule has 0 aliphatic carbocycles. The van der Waals surface area contributed by atoms with Gasteiger partial charge in [-0.05, 0) is 0 Å². The fourth-order valence-corrected chi connectivity index (χ4v) is 1.05. The molecule has 0 bridgehead atoms. The molecule has 0 saturated heterocycles. The highest BCUT2D eigenvalue weighted by Gasteiger charge is 2.20. The first-order valence-electron chi connectivity index (χ1n) is 4.11. The minimum absolute atomic E-state index is 0.183. The fraction of sp³-hybridized carbons (Fsp3) is 0.375. The molecule has 1 rings (SSSR count). The predicted octanol–water partition coefficient (Wildman–Crippen LogP) is -1.63. The Morgan fingerprint density at radius 1 is 1.47 bits per heavy atom. The number of aromatic nitrogens is 2. The van der Waals surface area contributed by atoms with Crippen molar-refractivity contribution in [3.63, 3.8) is 0 Å². The number of nitrogens with one attached hydrogen (secondary N) is 2. The molecule has 1 aromatic rings. The molecule has 0 saturated carbocycles. The first-order valence-corrected chi connectivity index (χ1v) is 4.11. The molecule has 2 atom stereocenters. The van der Waals surface area contributed by atoms with Crippen molar-refractivity contribution in [2.75, 3.05) is 0 Å². The summed E-state index contributed by atoms with van der Waals surface area (Å²) < 4.78 is 0. The number of aromatic amines is 2. The molecule has 0 radical (unpaired) electrons. The zero-order chi connectivity index (χ0) is 11.4. The first-order chi connectivity index (χ1) is 7.06. The smallest absolute Gasteiger partial charge is 0.325 e. The van der Waals surface area contributed by atoms with E-state index < -0.39 is 23.5 Å². The van der Waals surface area contributed by atoms with Crippen LogP contribution in [0.25, 0.3) is 0 Å². The van der Waals surface area contributed by atoms with E-state index in [-0.39, 0.29) is 12.0 Å². The van der Waals surface area contributed by atoms with Gasteiger partial charge in [-0.1, -0.05) is 0 Å². The molecular formula is C8H9N3O4. The van der Waals surface area contributed by atoms with Gasteiger partial charge in [-0.15, -0.1) is 0 Å². The van der Waals surface area contributed by atoms with Crippen molar-refractivity contribution in [2.24, 2.45) is 0 Å². The van der Waals surface area contributed by atoms with Crippen molar-refractivity contribution in [1.29, 1.82) is 5.26 Å². The van der Waals surface area contributed by atoms with Gasteiger partial charge in [0.25, 0.3) is 5.56 Å². The SMILES string of the molecule is N#CCC(O)C(O)c1c[nH]c(=O)[nH]c1=O. The van der Waals surface area contributed by atoms with E-state index >= 15 is 0 Å². The fourth-order valence-electron chi connectivity index (χ4n) is 1.05. The van der Waals surface area contributed by atoms with Gasteiger partial charge >= 0.3 is 5.69 Å². The number of H-pyrrole nitrogens is 2. The van der Waals surface area contributed by atoms with Crippen molar-refractivity contribution in [3.05, 3.63) is 32.6 Å². The van der Waals surface area contributed by atoms with Crippen molar-refractivity contribution in [2.45, 2.75) is 18.6 Å². The van der Waals surface area contributed by atoms with E-state index in [2.05, 4.69) is 4.98 Å². The molecule has 0 amide bonds. The third kappa shape index (κ3) is 2.52. The van der Waals surface area contributed by atoms with Gasteiger partial charge in [0.05, 0.1) is 24.2 Å². The van der Waals surface area contributed by atoms with Crippen LogP contribution in [0.5, 0.6) is 0 Å². The molecule has 2 unspecified atom stereocenters. The van der Waals surface area contributed by atoms with Crippen LogP contribution in [0, 0.1) is 11.3 Å². The number of nitrogens with zero attached hydrogens (tertiary/aromatic N) is 1. The van der Waals surface area contributed by atoms with Gasteiger partial charge < -0.3 is 15.2 Å². The maximum Gasteiger partial charge on any atom is 0.325 e. The molecular weight excluding hydrogens is 202 g/mol. The number of nitriles is 1. The molecule has 80 valence electrons. The van der Waals surface area contributed by atoms with Gasteiger partial charge in [-0.3, -0.25) is 9.78 Å². The standard InChI is InChI=1S/C8H9N3O4/c9-2-1-5(12)6(13)4-3-10-8(15)11-7(4)14/h3,5-6,12-13H,1H2,(H2,10,11,14,15). The van der Waals surface area contributed by atoms with Gasteiger partial charge in [0, 0.05) is 6.20 Å². The van der Waals surface area contributed by atoms with Crippen LogP contribution in [-0.4, -0.2) is 26.3 Å². The second-order valence-corrected chi connectivity index (χ2v) is 2.90. The van der Waals surface area contributed by atoms with E-state index in [4.69, 9.17) is 5.26 Å². The minimum Gasteiger partial charge on any atom is -0.389 e. The van der Waals surface area contributed by atoms with Crippen LogP contribution in [0.4, 0.5) is 0 Å². The number of hydrogen-bond acceptors (Lipinski definition) is 5. The van der Waals surface area contributed by atoms with Gasteiger partial charge in [0.2, 0.25) is 0 Å². The highest BCUT2D eigenvalue weighted by molar-refractivity contribution is 5.09. The topological polar surface area (TPSA) is 130 Å². The molecule has 1 heterocycles. The quantitative estimate of drug-likeness (QED) is 0.477. The molecule has 7 heteroatoms. The van der Waals surface area contributed by atoms with Crippen molar-refractivity contribution >= 4 is 0 Å². The Morgan fingerprint density at radius 2 is 2.13 bits per heavy atom. The van der Waals surface area contributed by atoms with Crippen molar-refractivity contribution < 1.29 is 10.2 Å². The predicted molar refractivity (Wildman–Crippen MR) is 48.9 cm³/mol. The molecule has 0 spiro atoms. The Kier molecular flexibility index (Phi) is 3.38. The number of aliphatic hydroxyl groups is 2. The Labute approximate surface area is 83.6 Å². The van der Waals surface area contributed by atoms with E-state index in [0.717, 1.165) is 6.20 Å². The molecule has 1 aromatic heterocycles. The summed E-state index contributed by atoms with van der Waals surface area (Å²) in [6, 6.07) is 1.65. The Morgan fingerprint density at radius 3 is 2.67 bits per heavy atom. The van der Waals surface area contributed by atoms with Crippen LogP contribution in [0.2, 0.25) is 0 Å². The van der Waals surface area contributed by atoms with Gasteiger partial charge in [-0.2, -0.15) is 5.26 Å². The summed E-state index contributed by atoms with van der Waals surface area (Å²) >= 11 is 0. The van der Waals surface area contributed by atoms with E-state index in [9.17, 15) is 19.8 Å². The van der Waals surface area contributed by atoms with Crippen molar-refractivity contribution in [1.82, 2.24) is 9.97 Å². The highest BCUT2D eigenvalue weighted by atomic mass is 16.3. The summed E-state index contributed by atoms with van der Waals surface area (Å²) in [7, 11) is 0. The maximum atomic E-state index is 11.2. The summed E-state index contributed by atoms with van der Waals surface area (Å²) in [5.41, 5.74) is -1.67. The van der Waals surface area contributed by atoms with E-state index in [0.29, 0.717) is 0 Å². The Bertz CT molecular complexity index is 484. The largest absolute Gasteiger partial charge is 0.389 e. The first kappa shape index (κ1) is 11.2. The molecule has 0 aromatic carbocycles. The van der Waals surface area contributed by atoms with E-state index in [1.165, 1.54) is 0 Å². The molecule has 7 nitrogen and oxygen atoms in total. The molecule has 4 N–H and O–H groups in total. The third-order valence-corrected chi connectivity index (χ3v) is 1.83. The van der Waals surface area contributed by atoms with Crippen LogP contribution in [0.15, 0.2) is 15.8 Å². The molecule has 15 heavy (non-hydrogen) atoms. The molecule has 0 fully saturated rings.